The van der Waals surface area contributed by atoms with E-state index in [0.29, 0.717) is 12.5 Å². The Hall–Kier alpha value is -0.0400. The summed E-state index contributed by atoms with van der Waals surface area (Å²) in [7, 11) is 0. The van der Waals surface area contributed by atoms with Crippen molar-refractivity contribution in [1.82, 2.24) is 0 Å². The van der Waals surface area contributed by atoms with Gasteiger partial charge in [0.1, 0.15) is 0 Å². The van der Waals surface area contributed by atoms with Gasteiger partial charge in [0, 0.05) is 6.61 Å². The Kier molecular flexibility index (Phi) is 1.26. The van der Waals surface area contributed by atoms with Gasteiger partial charge >= 0.3 is 0 Å². The lowest BCUT2D eigenvalue weighted by molar-refractivity contribution is 0.0454. The molecule has 0 amide bonds. The minimum absolute atomic E-state index is 0.446. The van der Waals surface area contributed by atoms with Crippen molar-refractivity contribution in [3.63, 3.8) is 0 Å². The number of hydrogen-bond donors (Lipinski definition) is 1. The van der Waals surface area contributed by atoms with Gasteiger partial charge in [-0.1, -0.05) is 12.8 Å². The lowest BCUT2D eigenvalue weighted by atomic mass is 9.67. The van der Waals surface area contributed by atoms with Crippen LogP contribution in [0.3, 0.4) is 0 Å². The summed E-state index contributed by atoms with van der Waals surface area (Å²) in [5.41, 5.74) is 0. The van der Waals surface area contributed by atoms with Crippen molar-refractivity contribution in [3.8, 4) is 0 Å². The van der Waals surface area contributed by atoms with Crippen molar-refractivity contribution in [1.29, 1.82) is 0 Å². The molecular formula is C8H14O. The molecule has 52 valence electrons. The summed E-state index contributed by atoms with van der Waals surface area (Å²) in [5, 5.41) is 8.83. The topological polar surface area (TPSA) is 20.2 Å². The van der Waals surface area contributed by atoms with E-state index in [1.807, 2.05) is 0 Å². The van der Waals surface area contributed by atoms with Gasteiger partial charge in [-0.25, -0.2) is 0 Å². The third-order valence-electron chi connectivity index (χ3n) is 3.16. The molecule has 1 heteroatoms. The zero-order valence-electron chi connectivity index (χ0n) is 5.71. The van der Waals surface area contributed by atoms with Gasteiger partial charge in [0.2, 0.25) is 0 Å². The van der Waals surface area contributed by atoms with Crippen molar-refractivity contribution in [2.24, 2.45) is 17.8 Å². The van der Waals surface area contributed by atoms with Crippen LogP contribution in [0.25, 0.3) is 0 Å². The highest BCUT2D eigenvalue weighted by molar-refractivity contribution is 4.92. The summed E-state index contributed by atoms with van der Waals surface area (Å²) >= 11 is 0. The molecule has 0 aliphatic heterocycles. The van der Waals surface area contributed by atoms with Gasteiger partial charge in [0.05, 0.1) is 0 Å². The maximum atomic E-state index is 8.83. The van der Waals surface area contributed by atoms with Crippen LogP contribution in [0.4, 0.5) is 0 Å². The van der Waals surface area contributed by atoms with Crippen LogP contribution in [0, 0.1) is 17.8 Å². The maximum absolute atomic E-state index is 8.83. The molecule has 1 N–H and O–H groups in total. The summed E-state index contributed by atoms with van der Waals surface area (Å²) in [6.07, 6.45) is 5.59. The average Bonchev–Trinajstić information content (AvgIpc) is 2.14. The summed E-state index contributed by atoms with van der Waals surface area (Å²) < 4.78 is 0. The molecule has 0 heterocycles. The van der Waals surface area contributed by atoms with Crippen LogP contribution >= 0.6 is 0 Å². The van der Waals surface area contributed by atoms with E-state index >= 15 is 0 Å². The number of aliphatic hydroxyl groups is 1. The maximum Gasteiger partial charge on any atom is 0.0462 e. The van der Waals surface area contributed by atoms with Crippen LogP contribution < -0.4 is 0 Å². The van der Waals surface area contributed by atoms with Crippen LogP contribution in [0.15, 0.2) is 0 Å². The van der Waals surface area contributed by atoms with Crippen LogP contribution in [-0.2, 0) is 0 Å². The van der Waals surface area contributed by atoms with Gasteiger partial charge in [0.15, 0.2) is 0 Å². The zero-order valence-corrected chi connectivity index (χ0v) is 5.71. The van der Waals surface area contributed by atoms with Crippen molar-refractivity contribution in [2.75, 3.05) is 6.61 Å². The van der Waals surface area contributed by atoms with E-state index in [4.69, 9.17) is 5.11 Å². The number of rotatable bonds is 1. The van der Waals surface area contributed by atoms with E-state index in [9.17, 15) is 0 Å². The van der Waals surface area contributed by atoms with E-state index in [0.717, 1.165) is 11.8 Å². The zero-order chi connectivity index (χ0) is 6.27. The first kappa shape index (κ1) is 5.72. The van der Waals surface area contributed by atoms with E-state index < -0.39 is 0 Å². The predicted molar refractivity (Wildman–Crippen MR) is 36.0 cm³/mol. The molecule has 0 spiro atoms. The van der Waals surface area contributed by atoms with Crippen molar-refractivity contribution < 1.29 is 5.11 Å². The monoisotopic (exact) mass is 126 g/mol. The van der Waals surface area contributed by atoms with Gasteiger partial charge in [-0.3, -0.25) is 0 Å². The third-order valence-corrected chi connectivity index (χ3v) is 3.16. The fourth-order valence-electron chi connectivity index (χ4n) is 2.56. The first-order chi connectivity index (χ1) is 4.42. The van der Waals surface area contributed by atoms with E-state index in [1.165, 1.54) is 25.7 Å². The normalized spacial score (nSPS) is 48.3. The van der Waals surface area contributed by atoms with Crippen LogP contribution in [0.1, 0.15) is 25.7 Å². The lowest BCUT2D eigenvalue weighted by Gasteiger charge is -2.39. The minimum atomic E-state index is 0.446. The summed E-state index contributed by atoms with van der Waals surface area (Å²) in [5.74, 6) is 2.63. The van der Waals surface area contributed by atoms with Crippen molar-refractivity contribution >= 4 is 0 Å². The number of fused-ring (bicyclic) bond motifs is 1. The molecule has 0 bridgehead atoms. The van der Waals surface area contributed by atoms with E-state index in [1.54, 1.807) is 0 Å². The van der Waals surface area contributed by atoms with Gasteiger partial charge in [-0.2, -0.15) is 0 Å². The molecule has 0 aromatic rings. The van der Waals surface area contributed by atoms with Gasteiger partial charge < -0.3 is 5.11 Å². The quantitative estimate of drug-likeness (QED) is 0.563. The second-order valence-corrected chi connectivity index (χ2v) is 3.53. The molecule has 2 aliphatic carbocycles. The Morgan fingerprint density at radius 1 is 1.33 bits per heavy atom. The van der Waals surface area contributed by atoms with Gasteiger partial charge in [0.25, 0.3) is 0 Å². The SMILES string of the molecule is OC[C@H]1C[C@@H]2CCC[C@H]12. The minimum Gasteiger partial charge on any atom is -0.396 e. The van der Waals surface area contributed by atoms with Gasteiger partial charge in [-0.15, -0.1) is 0 Å². The lowest BCUT2D eigenvalue weighted by Crippen LogP contribution is -2.34. The molecule has 0 radical (unpaired) electrons. The number of aliphatic hydroxyl groups excluding tert-OH is 1. The molecular weight excluding hydrogens is 112 g/mol. The molecule has 1 nitrogen and oxygen atoms in total. The summed E-state index contributed by atoms with van der Waals surface area (Å²) in [4.78, 5) is 0. The molecule has 0 unspecified atom stereocenters. The van der Waals surface area contributed by atoms with Crippen LogP contribution in [-0.4, -0.2) is 11.7 Å². The van der Waals surface area contributed by atoms with Crippen LogP contribution in [0.5, 0.6) is 0 Å². The highest BCUT2D eigenvalue weighted by Gasteiger charge is 2.42. The molecule has 0 saturated heterocycles. The predicted octanol–water partition coefficient (Wildman–Crippen LogP) is 1.41. The highest BCUT2D eigenvalue weighted by atomic mass is 16.3. The van der Waals surface area contributed by atoms with Gasteiger partial charge in [-0.05, 0) is 30.6 Å². The highest BCUT2D eigenvalue weighted by Crippen LogP contribution is 2.50. The summed E-state index contributed by atoms with van der Waals surface area (Å²) in [6.45, 7) is 0.446. The molecule has 2 rings (SSSR count). The molecule has 9 heavy (non-hydrogen) atoms. The smallest absolute Gasteiger partial charge is 0.0462 e. The fraction of sp³-hybridized carbons (Fsp3) is 1.00. The Labute approximate surface area is 56.1 Å². The van der Waals surface area contributed by atoms with Crippen molar-refractivity contribution in [3.05, 3.63) is 0 Å². The Morgan fingerprint density at radius 2 is 2.22 bits per heavy atom. The molecule has 2 saturated carbocycles. The molecule has 3 atom stereocenters. The Morgan fingerprint density at radius 3 is 2.89 bits per heavy atom. The van der Waals surface area contributed by atoms with E-state index in [-0.39, 0.29) is 0 Å². The summed E-state index contributed by atoms with van der Waals surface area (Å²) in [6, 6.07) is 0. The third kappa shape index (κ3) is 0.710. The standard InChI is InChI=1S/C8H14O/c9-5-7-4-6-2-1-3-8(6)7/h6-9H,1-5H2/t6-,7+,8-/m0/s1. The Bertz CT molecular complexity index is 111. The molecule has 2 aliphatic rings. The first-order valence-electron chi connectivity index (χ1n) is 4.02. The molecule has 2 fully saturated rings. The first-order valence-corrected chi connectivity index (χ1v) is 4.02. The Balaban J connectivity index is 1.93. The fourth-order valence-corrected chi connectivity index (χ4v) is 2.56. The van der Waals surface area contributed by atoms with Crippen molar-refractivity contribution in [2.45, 2.75) is 25.7 Å². The molecule has 0 aromatic heterocycles. The largest absolute Gasteiger partial charge is 0.396 e. The number of hydrogen-bond acceptors (Lipinski definition) is 1. The molecule has 0 aromatic carbocycles. The van der Waals surface area contributed by atoms with E-state index in [2.05, 4.69) is 0 Å². The second kappa shape index (κ2) is 1.98. The van der Waals surface area contributed by atoms with Crippen LogP contribution in [0.2, 0.25) is 0 Å². The average molecular weight is 126 g/mol. The second-order valence-electron chi connectivity index (χ2n) is 3.53.